The van der Waals surface area contributed by atoms with Crippen LogP contribution in [-0.2, 0) is 32.5 Å². The number of carbonyl (C=O) groups is 1. The van der Waals surface area contributed by atoms with Crippen LogP contribution in [0.4, 0.5) is 0 Å². The fourth-order valence-electron chi connectivity index (χ4n) is 0.965. The number of hydrogen-bond acceptors (Lipinski definition) is 5. The zero-order chi connectivity index (χ0) is 9.09. The molecule has 3 atom stereocenters. The monoisotopic (exact) mass is 229 g/mol. The summed E-state index contributed by atoms with van der Waals surface area (Å²) in [6.45, 7) is -0.0838. The summed E-state index contributed by atoms with van der Waals surface area (Å²) in [5, 5.41) is -0.866. The fourth-order valence-corrected chi connectivity index (χ4v) is 8.26. The van der Waals surface area contributed by atoms with Crippen LogP contribution in [0.1, 0.15) is 0 Å². The zero-order valence-corrected chi connectivity index (χ0v) is 7.95. The zero-order valence-electron chi connectivity index (χ0n) is 5.50. The molecule has 0 aliphatic carbocycles. The molecule has 0 aromatic heterocycles. The summed E-state index contributed by atoms with van der Waals surface area (Å²) in [5.74, 6) is -0.701. The van der Waals surface area contributed by atoms with Gasteiger partial charge in [0.05, 0.1) is 6.54 Å². The number of β-lactam (4-membered cyclic amide) rings is 1. The Morgan fingerprint density at radius 1 is 1.42 bits per heavy atom. The van der Waals surface area contributed by atoms with Crippen LogP contribution in [-0.4, -0.2) is 38.8 Å². The van der Waals surface area contributed by atoms with Crippen molar-refractivity contribution in [2.24, 2.45) is 0 Å². The number of hydrogen-bond donors (Lipinski definition) is 0. The van der Waals surface area contributed by atoms with Gasteiger partial charge in [0, 0.05) is 0 Å². The quantitative estimate of drug-likeness (QED) is 0.349. The third kappa shape index (κ3) is 0.735. The molecule has 0 spiro atoms. The Balaban J connectivity index is 2.60. The molecule has 3 rings (SSSR count). The Labute approximate surface area is 71.7 Å². The van der Waals surface area contributed by atoms with E-state index in [0.717, 1.165) is 0 Å². The highest BCUT2D eigenvalue weighted by Gasteiger charge is 2.58. The molecular weight excluding hydrogens is 226 g/mol. The van der Waals surface area contributed by atoms with Crippen LogP contribution < -0.4 is 0 Å². The van der Waals surface area contributed by atoms with Gasteiger partial charge in [-0.25, -0.2) is 12.7 Å². The third-order valence-corrected chi connectivity index (χ3v) is 9.79. The number of nitrogens with zero attached hydrogens (tertiary/aromatic N) is 1. The van der Waals surface area contributed by atoms with E-state index in [2.05, 4.69) is 0 Å². The Bertz CT molecular complexity index is 410. The van der Waals surface area contributed by atoms with Gasteiger partial charge in [-0.15, -0.1) is 0 Å². The fraction of sp³-hybridized carbons (Fsp3) is 0.667. The summed E-state index contributed by atoms with van der Waals surface area (Å²) in [6, 6.07) is 0. The second-order valence-corrected chi connectivity index (χ2v) is 9.77. The number of carbonyl (C=O) groups excluding carboxylic acids is 1. The predicted octanol–water partition coefficient (Wildman–Crippen LogP) is -2.13. The molecule has 0 radical (unpaired) electrons. The average Bonchev–Trinajstić information content (AvgIpc) is 1.97. The van der Waals surface area contributed by atoms with Gasteiger partial charge in [-0.1, -0.05) is 0 Å². The molecular formula is C3H3NO5S3. The van der Waals surface area contributed by atoms with E-state index in [1.165, 1.54) is 0 Å². The van der Waals surface area contributed by atoms with Crippen LogP contribution in [0.2, 0.25) is 0 Å². The molecule has 3 aliphatic heterocycles. The highest BCUT2D eigenvalue weighted by molar-refractivity contribution is 8.95. The summed E-state index contributed by atoms with van der Waals surface area (Å²) in [6.07, 6.45) is 0. The molecule has 3 aliphatic rings. The standard InChI is InChI=1S/C3H3NO5S3/c5-3-2-1-4(3)12(8,9)11(7)10(2)6/h2H,1H2. The van der Waals surface area contributed by atoms with E-state index in [0.29, 0.717) is 4.31 Å². The van der Waals surface area contributed by atoms with Crippen molar-refractivity contribution in [1.82, 2.24) is 4.31 Å². The van der Waals surface area contributed by atoms with Crippen LogP contribution in [0.15, 0.2) is 0 Å². The van der Waals surface area contributed by atoms with Gasteiger partial charge in [0.25, 0.3) is 5.91 Å². The summed E-state index contributed by atoms with van der Waals surface area (Å²) >= 11 is 0. The minimum Gasteiger partial charge on any atom is -0.272 e. The van der Waals surface area contributed by atoms with Gasteiger partial charge in [0.2, 0.25) is 8.86 Å². The molecule has 0 N–H and O–H groups in total. The van der Waals surface area contributed by atoms with Crippen molar-refractivity contribution in [3.8, 4) is 0 Å². The molecule has 0 aromatic carbocycles. The smallest absolute Gasteiger partial charge is 0.272 e. The summed E-state index contributed by atoms with van der Waals surface area (Å²) in [7, 11) is -8.63. The lowest BCUT2D eigenvalue weighted by molar-refractivity contribution is -0.132. The van der Waals surface area contributed by atoms with Crippen LogP contribution in [0, 0.1) is 0 Å². The van der Waals surface area contributed by atoms with Gasteiger partial charge >= 0.3 is 9.06 Å². The second-order valence-electron chi connectivity index (χ2n) is 2.28. The molecule has 3 unspecified atom stereocenters. The van der Waals surface area contributed by atoms with Crippen molar-refractivity contribution in [1.29, 1.82) is 0 Å². The van der Waals surface area contributed by atoms with Crippen LogP contribution >= 0.6 is 0 Å². The maximum Gasteiger partial charge on any atom is 0.331 e. The van der Waals surface area contributed by atoms with E-state index >= 15 is 0 Å². The van der Waals surface area contributed by atoms with Gasteiger partial charge in [-0.05, 0) is 0 Å². The lowest BCUT2D eigenvalue weighted by Crippen LogP contribution is -2.66. The van der Waals surface area contributed by atoms with Crippen LogP contribution in [0.3, 0.4) is 0 Å². The first-order valence-corrected chi connectivity index (χ1v) is 7.70. The van der Waals surface area contributed by atoms with Crippen molar-refractivity contribution < 1.29 is 21.6 Å². The molecule has 3 heterocycles. The molecule has 68 valence electrons. The molecule has 0 aromatic rings. The van der Waals surface area contributed by atoms with Crippen molar-refractivity contribution in [3.63, 3.8) is 0 Å². The molecule has 3 saturated heterocycles. The molecule has 3 fully saturated rings. The Kier molecular flexibility index (Phi) is 1.49. The summed E-state index contributed by atoms with van der Waals surface area (Å²) in [5.41, 5.74) is 0. The largest absolute Gasteiger partial charge is 0.331 e. The van der Waals surface area contributed by atoms with Crippen LogP contribution in [0.25, 0.3) is 0 Å². The van der Waals surface area contributed by atoms with E-state index in [9.17, 15) is 21.6 Å². The minimum atomic E-state index is -4.12. The van der Waals surface area contributed by atoms with E-state index in [4.69, 9.17) is 0 Å². The van der Waals surface area contributed by atoms with Crippen molar-refractivity contribution in [3.05, 3.63) is 0 Å². The third-order valence-electron chi connectivity index (χ3n) is 1.66. The lowest BCUT2D eigenvalue weighted by Gasteiger charge is -2.39. The average molecular weight is 229 g/mol. The minimum absolute atomic E-state index is 0.0838. The first-order chi connectivity index (χ1) is 5.46. The SMILES string of the molecule is O=C1C2CN1S(=O)(=O)S(=O)S2=O. The Morgan fingerprint density at radius 3 is 2.42 bits per heavy atom. The predicted molar refractivity (Wildman–Crippen MR) is 40.7 cm³/mol. The number of rotatable bonds is 0. The van der Waals surface area contributed by atoms with Gasteiger partial charge in [0.15, 0.2) is 0 Å². The van der Waals surface area contributed by atoms with E-state index in [1.54, 1.807) is 0 Å². The summed E-state index contributed by atoms with van der Waals surface area (Å²) < 4.78 is 44.3. The van der Waals surface area contributed by atoms with Gasteiger partial charge in [0.1, 0.15) is 15.1 Å². The molecule has 12 heavy (non-hydrogen) atoms. The first-order valence-electron chi connectivity index (χ1n) is 2.86. The van der Waals surface area contributed by atoms with Crippen molar-refractivity contribution >= 4 is 33.7 Å². The van der Waals surface area contributed by atoms with Crippen LogP contribution in [0.5, 0.6) is 0 Å². The highest BCUT2D eigenvalue weighted by atomic mass is 33.5. The van der Waals surface area contributed by atoms with Gasteiger partial charge in [-0.2, -0.15) is 8.42 Å². The highest BCUT2D eigenvalue weighted by Crippen LogP contribution is 2.31. The Hall–Kier alpha value is -0.280. The molecule has 2 bridgehead atoms. The van der Waals surface area contributed by atoms with E-state index in [-0.39, 0.29) is 6.54 Å². The molecule has 1 amide bonds. The van der Waals surface area contributed by atoms with Crippen molar-refractivity contribution in [2.45, 2.75) is 5.25 Å². The molecule has 0 saturated carbocycles. The van der Waals surface area contributed by atoms with Gasteiger partial charge < -0.3 is 0 Å². The second kappa shape index (κ2) is 2.15. The Morgan fingerprint density at radius 2 is 2.00 bits per heavy atom. The topological polar surface area (TPSA) is 88.6 Å². The lowest BCUT2D eigenvalue weighted by atomic mass is 10.3. The first kappa shape index (κ1) is 8.32. The normalized spacial score (nSPS) is 43.8. The number of fused-ring (bicyclic) bond motifs is 2. The van der Waals surface area contributed by atoms with Gasteiger partial charge in [-0.3, -0.25) is 4.79 Å². The number of amides is 1. The summed E-state index contributed by atoms with van der Waals surface area (Å²) in [4.78, 5) is 10.8. The molecule has 9 heteroatoms. The van der Waals surface area contributed by atoms with E-state index in [1.807, 2.05) is 0 Å². The van der Waals surface area contributed by atoms with Crippen molar-refractivity contribution in [2.75, 3.05) is 6.54 Å². The molecule has 6 nitrogen and oxygen atoms in total. The maximum atomic E-state index is 11.0. The van der Waals surface area contributed by atoms with E-state index < -0.39 is 38.9 Å². The maximum absolute atomic E-state index is 11.0.